The summed E-state index contributed by atoms with van der Waals surface area (Å²) in [4.78, 5) is 3.28. The normalized spacial score (nSPS) is 16.2. The molecule has 1 N–H and O–H groups in total. The lowest BCUT2D eigenvalue weighted by molar-refractivity contribution is -0.139. The average molecular weight is 434 g/mol. The molecule has 0 aromatic heterocycles. The molecule has 1 aliphatic rings. The zero-order chi connectivity index (χ0) is 20.5. The van der Waals surface area contributed by atoms with Gasteiger partial charge in [0.15, 0.2) is 0 Å². The van der Waals surface area contributed by atoms with Crippen LogP contribution >= 0.6 is 11.6 Å². The summed E-state index contributed by atoms with van der Waals surface area (Å²) in [7, 11) is -2.50. The van der Waals surface area contributed by atoms with Crippen LogP contribution in [0.15, 0.2) is 47.4 Å². The molecule has 0 saturated carbocycles. The first-order valence-corrected chi connectivity index (χ1v) is 10.4. The van der Waals surface area contributed by atoms with Crippen molar-refractivity contribution in [3.8, 4) is 0 Å². The summed E-state index contributed by atoms with van der Waals surface area (Å²) in [5.74, 6) is 0. The largest absolute Gasteiger partial charge is 0.417 e. The second kappa shape index (κ2) is 7.81. The minimum Gasteiger partial charge on any atom is -0.367 e. The van der Waals surface area contributed by atoms with Crippen LogP contribution in [0.2, 0.25) is 5.02 Å². The Morgan fingerprint density at radius 3 is 2.32 bits per heavy atom. The van der Waals surface area contributed by atoms with Crippen molar-refractivity contribution in [1.82, 2.24) is 4.90 Å². The highest BCUT2D eigenvalue weighted by molar-refractivity contribution is 7.92. The maximum atomic E-state index is 13.3. The van der Waals surface area contributed by atoms with E-state index in [0.717, 1.165) is 31.3 Å². The molecule has 0 spiro atoms. The number of piperazine rings is 1. The third-order valence-corrected chi connectivity index (χ3v) is 6.19. The molecule has 0 bridgehead atoms. The van der Waals surface area contributed by atoms with Gasteiger partial charge in [0.25, 0.3) is 10.0 Å². The van der Waals surface area contributed by atoms with Crippen molar-refractivity contribution >= 4 is 33.0 Å². The summed E-state index contributed by atoms with van der Waals surface area (Å²) in [6.45, 7) is 2.88. The van der Waals surface area contributed by atoms with Crippen molar-refractivity contribution in [3.63, 3.8) is 0 Å². The standard InChI is InChI=1S/C18H19ClF3N3O2S/c1-24-8-10-25(11-9-24)16-7-6-13(19)12-15(16)23-28(26,27)17-5-3-2-4-14(17)18(20,21)22/h2-7,12,23H,8-11H2,1H3. The van der Waals surface area contributed by atoms with Crippen LogP contribution < -0.4 is 9.62 Å². The molecule has 1 fully saturated rings. The smallest absolute Gasteiger partial charge is 0.367 e. The predicted octanol–water partition coefficient (Wildman–Crippen LogP) is 3.91. The molecular weight excluding hydrogens is 415 g/mol. The predicted molar refractivity (Wildman–Crippen MR) is 103 cm³/mol. The van der Waals surface area contributed by atoms with Gasteiger partial charge in [0.1, 0.15) is 0 Å². The number of alkyl halides is 3. The maximum absolute atomic E-state index is 13.3. The molecule has 3 rings (SSSR count). The Bertz CT molecular complexity index is 959. The average Bonchev–Trinajstić information content (AvgIpc) is 2.62. The van der Waals surface area contributed by atoms with Gasteiger partial charge in [-0.3, -0.25) is 4.72 Å². The molecule has 2 aromatic carbocycles. The minimum absolute atomic E-state index is 0.147. The van der Waals surface area contributed by atoms with Crippen LogP contribution in [0.5, 0.6) is 0 Å². The number of likely N-dealkylation sites (N-methyl/N-ethyl adjacent to an activating group) is 1. The Labute approximate surface area is 166 Å². The van der Waals surface area contributed by atoms with Crippen LogP contribution in [0.1, 0.15) is 5.56 Å². The molecule has 1 aliphatic heterocycles. The number of rotatable bonds is 4. The molecule has 0 atom stereocenters. The highest BCUT2D eigenvalue weighted by atomic mass is 35.5. The fourth-order valence-corrected chi connectivity index (χ4v) is 4.51. The van der Waals surface area contributed by atoms with Crippen molar-refractivity contribution < 1.29 is 21.6 Å². The number of nitrogens with zero attached hydrogens (tertiary/aromatic N) is 2. The Hall–Kier alpha value is -1.97. The Morgan fingerprint density at radius 2 is 1.68 bits per heavy atom. The topological polar surface area (TPSA) is 52.6 Å². The third-order valence-electron chi connectivity index (χ3n) is 4.53. The first-order valence-electron chi connectivity index (χ1n) is 8.50. The van der Waals surface area contributed by atoms with E-state index >= 15 is 0 Å². The van der Waals surface area contributed by atoms with Crippen LogP contribution in [-0.2, 0) is 16.2 Å². The second-order valence-corrected chi connectivity index (χ2v) is 8.64. The second-order valence-electron chi connectivity index (χ2n) is 6.55. The number of hydrogen-bond donors (Lipinski definition) is 1. The summed E-state index contributed by atoms with van der Waals surface area (Å²) in [5, 5.41) is 0.277. The quantitative estimate of drug-likeness (QED) is 0.794. The number of hydrogen-bond acceptors (Lipinski definition) is 4. The maximum Gasteiger partial charge on any atom is 0.417 e. The van der Waals surface area contributed by atoms with E-state index in [-0.39, 0.29) is 10.7 Å². The number of anilines is 2. The minimum atomic E-state index is -4.79. The van der Waals surface area contributed by atoms with Crippen LogP contribution in [0.3, 0.4) is 0 Å². The Balaban J connectivity index is 1.99. The van der Waals surface area contributed by atoms with Gasteiger partial charge in [-0.15, -0.1) is 0 Å². The molecule has 10 heteroatoms. The van der Waals surface area contributed by atoms with E-state index in [1.807, 2.05) is 11.9 Å². The van der Waals surface area contributed by atoms with Crippen molar-refractivity contribution in [3.05, 3.63) is 53.1 Å². The summed E-state index contributed by atoms with van der Waals surface area (Å²) in [5.41, 5.74) is -0.495. The molecule has 0 unspecified atom stereocenters. The van der Waals surface area contributed by atoms with Gasteiger partial charge in [-0.05, 0) is 37.4 Å². The van der Waals surface area contributed by atoms with Gasteiger partial charge in [0.2, 0.25) is 0 Å². The number of sulfonamides is 1. The Kier molecular flexibility index (Phi) is 5.79. The molecule has 2 aromatic rings. The van der Waals surface area contributed by atoms with E-state index in [0.29, 0.717) is 18.8 Å². The lowest BCUT2D eigenvalue weighted by Gasteiger charge is -2.35. The molecule has 1 saturated heterocycles. The summed E-state index contributed by atoms with van der Waals surface area (Å²) < 4.78 is 67.7. The van der Waals surface area contributed by atoms with Gasteiger partial charge >= 0.3 is 6.18 Å². The molecular formula is C18H19ClF3N3O2S. The molecule has 0 amide bonds. The van der Waals surface area contributed by atoms with Gasteiger partial charge in [-0.2, -0.15) is 13.2 Å². The molecule has 0 aliphatic carbocycles. The van der Waals surface area contributed by atoms with E-state index in [1.165, 1.54) is 12.1 Å². The fourth-order valence-electron chi connectivity index (χ4n) is 3.05. The molecule has 1 heterocycles. The van der Waals surface area contributed by atoms with Crippen molar-refractivity contribution in [2.24, 2.45) is 0 Å². The van der Waals surface area contributed by atoms with Gasteiger partial charge in [-0.25, -0.2) is 8.42 Å². The highest BCUT2D eigenvalue weighted by Gasteiger charge is 2.37. The van der Waals surface area contributed by atoms with Gasteiger partial charge in [0.05, 0.1) is 21.8 Å². The van der Waals surface area contributed by atoms with Gasteiger partial charge in [-0.1, -0.05) is 23.7 Å². The lowest BCUT2D eigenvalue weighted by Crippen LogP contribution is -2.44. The first kappa shape index (κ1) is 20.8. The van der Waals surface area contributed by atoms with Gasteiger partial charge < -0.3 is 9.80 Å². The van der Waals surface area contributed by atoms with Crippen LogP contribution in [-0.4, -0.2) is 46.5 Å². The molecule has 28 heavy (non-hydrogen) atoms. The number of nitrogens with one attached hydrogen (secondary N) is 1. The first-order chi connectivity index (χ1) is 13.1. The summed E-state index contributed by atoms with van der Waals surface area (Å²) >= 11 is 6.02. The molecule has 152 valence electrons. The SMILES string of the molecule is CN1CCN(c2ccc(Cl)cc2NS(=O)(=O)c2ccccc2C(F)(F)F)CC1. The van der Waals surface area contributed by atoms with Crippen molar-refractivity contribution in [2.75, 3.05) is 42.8 Å². The zero-order valence-corrected chi connectivity index (χ0v) is 16.6. The number of halogens is 4. The van der Waals surface area contributed by atoms with E-state index in [1.54, 1.807) is 12.1 Å². The zero-order valence-electron chi connectivity index (χ0n) is 15.0. The lowest BCUT2D eigenvalue weighted by atomic mass is 10.2. The fraction of sp³-hybridized carbons (Fsp3) is 0.333. The third kappa shape index (κ3) is 4.53. The van der Waals surface area contributed by atoms with Crippen LogP contribution in [0.25, 0.3) is 0 Å². The van der Waals surface area contributed by atoms with E-state index in [9.17, 15) is 21.6 Å². The summed E-state index contributed by atoms with van der Waals surface area (Å²) in [6, 6.07) is 8.78. The van der Waals surface area contributed by atoms with Crippen LogP contribution in [0, 0.1) is 0 Å². The monoisotopic (exact) mass is 433 g/mol. The van der Waals surface area contributed by atoms with E-state index in [4.69, 9.17) is 11.6 Å². The van der Waals surface area contributed by atoms with Crippen molar-refractivity contribution in [1.29, 1.82) is 0 Å². The van der Waals surface area contributed by atoms with E-state index in [2.05, 4.69) is 9.62 Å². The number of benzene rings is 2. The summed E-state index contributed by atoms with van der Waals surface area (Å²) in [6.07, 6.45) is -4.79. The molecule has 5 nitrogen and oxygen atoms in total. The van der Waals surface area contributed by atoms with Crippen LogP contribution in [0.4, 0.5) is 24.5 Å². The Morgan fingerprint density at radius 1 is 1.04 bits per heavy atom. The van der Waals surface area contributed by atoms with E-state index < -0.39 is 26.7 Å². The molecule has 0 radical (unpaired) electrons. The highest BCUT2D eigenvalue weighted by Crippen LogP contribution is 2.36. The van der Waals surface area contributed by atoms with Crippen molar-refractivity contribution in [2.45, 2.75) is 11.1 Å². The van der Waals surface area contributed by atoms with Gasteiger partial charge in [0, 0.05) is 31.2 Å².